The molecule has 0 bridgehead atoms. The Bertz CT molecular complexity index is 591. The van der Waals surface area contributed by atoms with Crippen molar-refractivity contribution in [2.75, 3.05) is 0 Å². The number of carboxylic acids is 1. The fourth-order valence-electron chi connectivity index (χ4n) is 3.82. The Morgan fingerprint density at radius 3 is 2.40 bits per heavy atom. The van der Waals surface area contributed by atoms with Crippen LogP contribution in [0.2, 0.25) is 0 Å². The van der Waals surface area contributed by atoms with Gasteiger partial charge in [-0.1, -0.05) is 26.0 Å². The van der Waals surface area contributed by atoms with Crippen molar-refractivity contribution in [3.05, 3.63) is 28.8 Å². The number of nitrogens with two attached hydrogens (primary N) is 1. The maximum Gasteiger partial charge on any atom is 0.320 e. The van der Waals surface area contributed by atoms with Gasteiger partial charge in [-0.3, -0.25) is 4.79 Å². The summed E-state index contributed by atoms with van der Waals surface area (Å²) in [6, 6.07) is 3.03. The predicted molar refractivity (Wildman–Crippen MR) is 97.8 cm³/mol. The number of hydrogen-bond donors (Lipinski definition) is 3. The molecule has 4 N–H and O–H groups in total. The van der Waals surface area contributed by atoms with Crippen LogP contribution in [0.25, 0.3) is 0 Å². The topological polar surface area (TPSA) is 92.8 Å². The van der Waals surface area contributed by atoms with E-state index in [4.69, 9.17) is 15.6 Å². The summed E-state index contributed by atoms with van der Waals surface area (Å²) in [5.74, 6) is 0.586. The molecule has 1 saturated carbocycles. The summed E-state index contributed by atoms with van der Waals surface area (Å²) >= 11 is 0. The minimum atomic E-state index is -0.990. The predicted octanol–water partition coefficient (Wildman–Crippen LogP) is 2.82. The molecule has 1 aromatic rings. The van der Waals surface area contributed by atoms with E-state index >= 15 is 0 Å². The van der Waals surface area contributed by atoms with Crippen molar-refractivity contribution in [2.45, 2.75) is 71.6 Å². The lowest BCUT2D eigenvalue weighted by Crippen LogP contribution is -2.37. The fraction of sp³-hybridized carbons (Fsp3) is 0.650. The van der Waals surface area contributed by atoms with Crippen molar-refractivity contribution in [1.82, 2.24) is 0 Å². The first-order chi connectivity index (χ1) is 11.7. The molecule has 0 heterocycles. The Morgan fingerprint density at radius 2 is 1.88 bits per heavy atom. The van der Waals surface area contributed by atoms with Gasteiger partial charge in [-0.25, -0.2) is 0 Å². The molecule has 0 aliphatic heterocycles. The third-order valence-corrected chi connectivity index (χ3v) is 5.25. The Hall–Kier alpha value is -1.59. The zero-order valence-electron chi connectivity index (χ0n) is 15.7. The second-order valence-electron chi connectivity index (χ2n) is 7.74. The number of benzene rings is 1. The molecule has 0 amide bonds. The van der Waals surface area contributed by atoms with Crippen LogP contribution in [-0.4, -0.2) is 34.4 Å². The van der Waals surface area contributed by atoms with Crippen LogP contribution in [0.5, 0.6) is 5.75 Å². The number of aryl methyl sites for hydroxylation is 2. The number of carbonyl (C=O) groups is 1. The summed E-state index contributed by atoms with van der Waals surface area (Å²) in [7, 11) is 0. The van der Waals surface area contributed by atoms with Gasteiger partial charge in [0.15, 0.2) is 0 Å². The van der Waals surface area contributed by atoms with Gasteiger partial charge in [0.1, 0.15) is 11.8 Å². The monoisotopic (exact) mass is 349 g/mol. The molecule has 1 aliphatic rings. The first-order valence-electron chi connectivity index (χ1n) is 9.12. The van der Waals surface area contributed by atoms with Gasteiger partial charge in [-0.05, 0) is 68.1 Å². The smallest absolute Gasteiger partial charge is 0.320 e. The summed E-state index contributed by atoms with van der Waals surface area (Å²) in [4.78, 5) is 10.9. The third kappa shape index (κ3) is 4.95. The van der Waals surface area contributed by atoms with E-state index in [0.717, 1.165) is 41.7 Å². The normalized spacial score (nSPS) is 25.0. The van der Waals surface area contributed by atoms with Crippen molar-refractivity contribution in [1.29, 1.82) is 0 Å². The van der Waals surface area contributed by atoms with Crippen LogP contribution in [0.15, 0.2) is 12.1 Å². The molecule has 0 radical (unpaired) electrons. The highest BCUT2D eigenvalue weighted by Crippen LogP contribution is 2.35. The quantitative estimate of drug-likeness (QED) is 0.734. The molecule has 25 heavy (non-hydrogen) atoms. The van der Waals surface area contributed by atoms with Gasteiger partial charge in [0.2, 0.25) is 0 Å². The first kappa shape index (κ1) is 19.7. The molecule has 1 fully saturated rings. The number of aliphatic hydroxyl groups is 1. The van der Waals surface area contributed by atoms with E-state index in [-0.39, 0.29) is 18.1 Å². The van der Waals surface area contributed by atoms with Crippen molar-refractivity contribution < 1.29 is 19.7 Å². The van der Waals surface area contributed by atoms with E-state index in [1.165, 1.54) is 0 Å². The number of hydrogen-bond acceptors (Lipinski definition) is 4. The largest absolute Gasteiger partial charge is 0.490 e. The van der Waals surface area contributed by atoms with Gasteiger partial charge < -0.3 is 20.7 Å². The van der Waals surface area contributed by atoms with Gasteiger partial charge in [0.25, 0.3) is 0 Å². The van der Waals surface area contributed by atoms with E-state index in [2.05, 4.69) is 13.8 Å². The standard InChI is InChI=1S/C20H31NO4/c1-11(2)16-10-15(5-6-18(16)22)25-19-12(3)7-14(8-13(19)4)9-17(21)20(23)24/h7-8,11,15-18,22H,5-6,9-10,21H2,1-4H3,(H,23,24). The van der Waals surface area contributed by atoms with Crippen LogP contribution in [0, 0.1) is 25.7 Å². The molecule has 0 spiro atoms. The average Bonchev–Trinajstić information content (AvgIpc) is 2.52. The van der Waals surface area contributed by atoms with Gasteiger partial charge >= 0.3 is 5.97 Å². The molecule has 0 aromatic heterocycles. The lowest BCUT2D eigenvalue weighted by atomic mass is 9.78. The highest BCUT2D eigenvalue weighted by molar-refractivity contribution is 5.73. The van der Waals surface area contributed by atoms with Crippen molar-refractivity contribution in [3.8, 4) is 5.75 Å². The SMILES string of the molecule is Cc1cc(CC(N)C(=O)O)cc(C)c1OC1CCC(O)C(C(C)C)C1. The molecule has 2 rings (SSSR count). The molecular weight excluding hydrogens is 318 g/mol. The summed E-state index contributed by atoms with van der Waals surface area (Å²) < 4.78 is 6.29. The van der Waals surface area contributed by atoms with Crippen LogP contribution in [0.4, 0.5) is 0 Å². The maximum atomic E-state index is 10.9. The van der Waals surface area contributed by atoms with Crippen molar-refractivity contribution in [3.63, 3.8) is 0 Å². The van der Waals surface area contributed by atoms with Gasteiger partial charge in [0, 0.05) is 0 Å². The second-order valence-corrected chi connectivity index (χ2v) is 7.74. The van der Waals surface area contributed by atoms with Crippen molar-refractivity contribution >= 4 is 5.97 Å². The summed E-state index contributed by atoms with van der Waals surface area (Å²) in [6.45, 7) is 8.26. The van der Waals surface area contributed by atoms with Gasteiger partial charge in [-0.2, -0.15) is 0 Å². The molecule has 4 unspecified atom stereocenters. The summed E-state index contributed by atoms with van der Waals surface area (Å²) in [6.07, 6.45) is 2.68. The van der Waals surface area contributed by atoms with Crippen LogP contribution in [0.1, 0.15) is 49.8 Å². The van der Waals surface area contributed by atoms with E-state index in [1.54, 1.807) is 0 Å². The lowest BCUT2D eigenvalue weighted by molar-refractivity contribution is -0.138. The summed E-state index contributed by atoms with van der Waals surface area (Å²) in [5, 5.41) is 19.2. The van der Waals surface area contributed by atoms with E-state index < -0.39 is 12.0 Å². The third-order valence-electron chi connectivity index (χ3n) is 5.25. The first-order valence-corrected chi connectivity index (χ1v) is 9.12. The Balaban J connectivity index is 2.11. The molecule has 0 saturated heterocycles. The van der Waals surface area contributed by atoms with E-state index in [0.29, 0.717) is 12.3 Å². The maximum absolute atomic E-state index is 10.9. The molecule has 140 valence electrons. The zero-order valence-corrected chi connectivity index (χ0v) is 15.7. The minimum Gasteiger partial charge on any atom is -0.490 e. The Labute approximate surface area is 150 Å². The molecule has 5 heteroatoms. The lowest BCUT2D eigenvalue weighted by Gasteiger charge is -2.36. The zero-order chi connectivity index (χ0) is 18.7. The number of rotatable bonds is 6. The van der Waals surface area contributed by atoms with Gasteiger partial charge in [0.05, 0.1) is 12.2 Å². The molecule has 4 atom stereocenters. The number of aliphatic hydroxyl groups excluding tert-OH is 1. The molecule has 1 aliphatic carbocycles. The average molecular weight is 349 g/mol. The number of ether oxygens (including phenoxy) is 1. The van der Waals surface area contributed by atoms with Crippen LogP contribution in [-0.2, 0) is 11.2 Å². The highest BCUT2D eigenvalue weighted by Gasteiger charge is 2.32. The number of carboxylic acid groups (broad SMARTS) is 1. The molecule has 1 aromatic carbocycles. The highest BCUT2D eigenvalue weighted by atomic mass is 16.5. The van der Waals surface area contributed by atoms with Crippen LogP contribution in [0.3, 0.4) is 0 Å². The van der Waals surface area contributed by atoms with Crippen LogP contribution < -0.4 is 10.5 Å². The minimum absolute atomic E-state index is 0.111. The van der Waals surface area contributed by atoms with E-state index in [1.807, 2.05) is 26.0 Å². The van der Waals surface area contributed by atoms with E-state index in [9.17, 15) is 9.90 Å². The van der Waals surface area contributed by atoms with Crippen molar-refractivity contribution in [2.24, 2.45) is 17.6 Å². The Kier molecular flexibility index (Phi) is 6.47. The molecular formula is C20H31NO4. The number of aliphatic carboxylic acids is 1. The van der Waals surface area contributed by atoms with Crippen LogP contribution >= 0.6 is 0 Å². The fourth-order valence-corrected chi connectivity index (χ4v) is 3.82. The summed E-state index contributed by atoms with van der Waals surface area (Å²) in [5.41, 5.74) is 8.55. The second kappa shape index (κ2) is 8.19. The van der Waals surface area contributed by atoms with Gasteiger partial charge in [-0.15, -0.1) is 0 Å². The molecule has 5 nitrogen and oxygen atoms in total. The Morgan fingerprint density at radius 1 is 1.28 bits per heavy atom.